The summed E-state index contributed by atoms with van der Waals surface area (Å²) in [6, 6.07) is 8.33. The number of likely N-dealkylation sites (N-methyl/N-ethyl adjacent to an activating group) is 1. The number of piperazine rings is 1. The molecule has 1 saturated heterocycles. The zero-order valence-electron chi connectivity index (χ0n) is 16.9. The number of alkyl halides is 3. The van der Waals surface area contributed by atoms with Gasteiger partial charge in [0, 0.05) is 31.3 Å². The first kappa shape index (κ1) is 22.5. The first-order valence-electron chi connectivity index (χ1n) is 9.78. The van der Waals surface area contributed by atoms with E-state index in [1.54, 1.807) is 18.3 Å². The van der Waals surface area contributed by atoms with Crippen molar-refractivity contribution in [3.8, 4) is 11.1 Å². The van der Waals surface area contributed by atoms with E-state index < -0.39 is 23.5 Å². The highest BCUT2D eigenvalue weighted by Crippen LogP contribution is 2.31. The van der Waals surface area contributed by atoms with Crippen LogP contribution in [0.1, 0.15) is 18.9 Å². The first-order chi connectivity index (χ1) is 14.7. The van der Waals surface area contributed by atoms with Gasteiger partial charge in [0.1, 0.15) is 17.8 Å². The third-order valence-electron chi connectivity index (χ3n) is 5.34. The van der Waals surface area contributed by atoms with Crippen molar-refractivity contribution in [2.75, 3.05) is 31.1 Å². The lowest BCUT2D eigenvalue weighted by molar-refractivity contribution is -0.137. The molecule has 7 nitrogen and oxygen atoms in total. The van der Waals surface area contributed by atoms with Gasteiger partial charge in [-0.2, -0.15) is 13.2 Å². The summed E-state index contributed by atoms with van der Waals surface area (Å²) in [5.41, 5.74) is -0.515. The number of hydrogen-bond acceptors (Lipinski definition) is 5. The third kappa shape index (κ3) is 4.79. The molecule has 1 atom stereocenters. The number of nitrogens with one attached hydrogen (secondary N) is 1. The predicted molar refractivity (Wildman–Crippen MR) is 109 cm³/mol. The van der Waals surface area contributed by atoms with Crippen LogP contribution in [-0.2, 0) is 11.0 Å². The number of amides is 1. The van der Waals surface area contributed by atoms with E-state index >= 15 is 0 Å². The van der Waals surface area contributed by atoms with E-state index in [1.165, 1.54) is 17.0 Å². The number of pyridine rings is 1. The molecule has 1 amide bonds. The Kier molecular flexibility index (Phi) is 6.49. The summed E-state index contributed by atoms with van der Waals surface area (Å²) in [6.07, 6.45) is -3.24. The molecule has 31 heavy (non-hydrogen) atoms. The van der Waals surface area contributed by atoms with E-state index in [9.17, 15) is 27.9 Å². The maximum Gasteiger partial charge on any atom is 0.416 e. The number of rotatable bonds is 6. The fourth-order valence-electron chi connectivity index (χ4n) is 3.85. The van der Waals surface area contributed by atoms with Crippen LogP contribution in [0, 0.1) is 0 Å². The largest absolute Gasteiger partial charge is 0.465 e. The number of halogens is 3. The van der Waals surface area contributed by atoms with Gasteiger partial charge in [0.25, 0.3) is 0 Å². The lowest BCUT2D eigenvalue weighted by Crippen LogP contribution is -2.70. The number of carbonyl (C=O) groups excluding carboxylic acids is 1. The van der Waals surface area contributed by atoms with Crippen molar-refractivity contribution in [1.82, 2.24) is 15.2 Å². The van der Waals surface area contributed by atoms with Gasteiger partial charge in [-0.05, 0) is 36.4 Å². The fourth-order valence-corrected chi connectivity index (χ4v) is 3.85. The SMILES string of the molecule is CCNC1(CC=O)CN(c2ccc(-c3ccc(C(F)(F)F)cc3)cn2)CCN1C(=O)O. The Labute approximate surface area is 177 Å². The maximum absolute atomic E-state index is 12.7. The van der Waals surface area contributed by atoms with Gasteiger partial charge in [0.15, 0.2) is 0 Å². The molecule has 2 heterocycles. The molecule has 2 aromatic rings. The van der Waals surface area contributed by atoms with Crippen LogP contribution < -0.4 is 10.2 Å². The Morgan fingerprint density at radius 2 is 1.87 bits per heavy atom. The zero-order valence-corrected chi connectivity index (χ0v) is 16.9. The molecule has 1 aliphatic heterocycles. The summed E-state index contributed by atoms with van der Waals surface area (Å²) < 4.78 is 38.2. The van der Waals surface area contributed by atoms with Crippen LogP contribution in [0.2, 0.25) is 0 Å². The lowest BCUT2D eigenvalue weighted by atomic mass is 10.0. The van der Waals surface area contributed by atoms with Crippen molar-refractivity contribution < 1.29 is 27.9 Å². The normalized spacial score (nSPS) is 19.4. The van der Waals surface area contributed by atoms with Gasteiger partial charge < -0.3 is 14.8 Å². The van der Waals surface area contributed by atoms with E-state index in [1.807, 2.05) is 11.8 Å². The molecule has 0 saturated carbocycles. The summed E-state index contributed by atoms with van der Waals surface area (Å²) in [5.74, 6) is 0.592. The lowest BCUT2D eigenvalue weighted by Gasteiger charge is -2.49. The molecule has 1 fully saturated rings. The van der Waals surface area contributed by atoms with Crippen LogP contribution >= 0.6 is 0 Å². The van der Waals surface area contributed by atoms with Gasteiger partial charge in [-0.1, -0.05) is 19.1 Å². The van der Waals surface area contributed by atoms with E-state index in [-0.39, 0.29) is 19.5 Å². The quantitative estimate of drug-likeness (QED) is 0.675. The van der Waals surface area contributed by atoms with Crippen LogP contribution in [0.3, 0.4) is 0 Å². The summed E-state index contributed by atoms with van der Waals surface area (Å²) in [6.45, 7) is 3.14. The van der Waals surface area contributed by atoms with Crippen molar-refractivity contribution >= 4 is 18.2 Å². The molecular formula is C21H23F3N4O3. The molecule has 166 valence electrons. The van der Waals surface area contributed by atoms with Gasteiger partial charge in [-0.15, -0.1) is 0 Å². The van der Waals surface area contributed by atoms with Crippen molar-refractivity contribution in [1.29, 1.82) is 0 Å². The molecule has 1 aliphatic rings. The molecule has 0 bridgehead atoms. The van der Waals surface area contributed by atoms with Crippen LogP contribution in [0.5, 0.6) is 0 Å². The highest BCUT2D eigenvalue weighted by atomic mass is 19.4. The number of carboxylic acid groups (broad SMARTS) is 1. The van der Waals surface area contributed by atoms with Crippen LogP contribution in [-0.4, -0.2) is 59.2 Å². The van der Waals surface area contributed by atoms with Crippen LogP contribution in [0.15, 0.2) is 42.6 Å². The minimum absolute atomic E-state index is 0.00667. The van der Waals surface area contributed by atoms with E-state index in [0.717, 1.165) is 12.1 Å². The molecule has 2 N–H and O–H groups in total. The molecule has 10 heteroatoms. The van der Waals surface area contributed by atoms with Crippen molar-refractivity contribution in [2.45, 2.75) is 25.2 Å². The Morgan fingerprint density at radius 3 is 2.39 bits per heavy atom. The Hall–Kier alpha value is -3.14. The molecule has 0 spiro atoms. The number of carbonyl (C=O) groups is 2. The van der Waals surface area contributed by atoms with Gasteiger partial charge >= 0.3 is 12.3 Å². The standard InChI is InChI=1S/C21H23F3N4O3/c1-2-26-20(9-12-29)14-27(10-11-28(20)19(30)31)18-8-5-16(13-25-18)15-3-6-17(7-4-15)21(22,23)24/h3-8,12-13,26H,2,9-11,14H2,1H3,(H,30,31). The number of aromatic nitrogens is 1. The van der Waals surface area contributed by atoms with Crippen molar-refractivity contribution in [3.63, 3.8) is 0 Å². The number of aldehydes is 1. The highest BCUT2D eigenvalue weighted by molar-refractivity contribution is 5.69. The third-order valence-corrected chi connectivity index (χ3v) is 5.34. The summed E-state index contributed by atoms with van der Waals surface area (Å²) in [4.78, 5) is 30.6. The van der Waals surface area contributed by atoms with Gasteiger partial charge in [-0.3, -0.25) is 10.2 Å². The minimum Gasteiger partial charge on any atom is -0.465 e. The topological polar surface area (TPSA) is 85.8 Å². The first-order valence-corrected chi connectivity index (χ1v) is 9.78. The van der Waals surface area contributed by atoms with Crippen molar-refractivity contribution in [3.05, 3.63) is 48.2 Å². The molecule has 0 aliphatic carbocycles. The fraction of sp³-hybridized carbons (Fsp3) is 0.381. The van der Waals surface area contributed by atoms with E-state index in [4.69, 9.17) is 0 Å². The average Bonchev–Trinajstić information content (AvgIpc) is 2.73. The molecule has 1 unspecified atom stereocenters. The van der Waals surface area contributed by atoms with Gasteiger partial charge in [0.2, 0.25) is 0 Å². The number of benzene rings is 1. The highest BCUT2D eigenvalue weighted by Gasteiger charge is 2.44. The van der Waals surface area contributed by atoms with Crippen molar-refractivity contribution in [2.24, 2.45) is 0 Å². The number of nitrogens with zero attached hydrogens (tertiary/aromatic N) is 3. The molecular weight excluding hydrogens is 413 g/mol. The second-order valence-corrected chi connectivity index (χ2v) is 7.27. The smallest absolute Gasteiger partial charge is 0.416 e. The summed E-state index contributed by atoms with van der Waals surface area (Å²) in [7, 11) is 0. The van der Waals surface area contributed by atoms with Gasteiger partial charge in [-0.25, -0.2) is 9.78 Å². The average molecular weight is 436 g/mol. The maximum atomic E-state index is 12.7. The van der Waals surface area contributed by atoms with E-state index in [0.29, 0.717) is 36.3 Å². The second-order valence-electron chi connectivity index (χ2n) is 7.27. The summed E-state index contributed by atoms with van der Waals surface area (Å²) >= 11 is 0. The molecule has 3 rings (SSSR count). The number of anilines is 1. The monoisotopic (exact) mass is 436 g/mol. The summed E-state index contributed by atoms with van der Waals surface area (Å²) in [5, 5.41) is 12.7. The van der Waals surface area contributed by atoms with Crippen LogP contribution in [0.4, 0.5) is 23.8 Å². The Bertz CT molecular complexity index is 919. The molecule has 0 radical (unpaired) electrons. The molecule has 1 aromatic heterocycles. The number of hydrogen-bond donors (Lipinski definition) is 2. The van der Waals surface area contributed by atoms with E-state index in [2.05, 4.69) is 10.3 Å². The zero-order chi connectivity index (χ0) is 22.6. The second kappa shape index (κ2) is 8.93. The van der Waals surface area contributed by atoms with Gasteiger partial charge in [0.05, 0.1) is 12.1 Å². The minimum atomic E-state index is -4.39. The Balaban J connectivity index is 1.82. The van der Waals surface area contributed by atoms with Crippen LogP contribution in [0.25, 0.3) is 11.1 Å². The predicted octanol–water partition coefficient (Wildman–Crippen LogP) is 3.46. The Morgan fingerprint density at radius 1 is 1.19 bits per heavy atom. The molecule has 1 aromatic carbocycles.